The van der Waals surface area contributed by atoms with Crippen LogP contribution in [0.25, 0.3) is 0 Å². The summed E-state index contributed by atoms with van der Waals surface area (Å²) in [6, 6.07) is 10.4. The lowest BCUT2D eigenvalue weighted by molar-refractivity contribution is -0.129. The zero-order chi connectivity index (χ0) is 17.9. The van der Waals surface area contributed by atoms with Crippen molar-refractivity contribution in [2.45, 2.75) is 26.7 Å². The number of piperazine rings is 1. The van der Waals surface area contributed by atoms with Crippen LogP contribution in [-0.2, 0) is 4.79 Å². The summed E-state index contributed by atoms with van der Waals surface area (Å²) in [6.07, 6.45) is 2.23. The van der Waals surface area contributed by atoms with Gasteiger partial charge in [0.25, 0.3) is 0 Å². The first-order valence-corrected chi connectivity index (χ1v) is 9.34. The molecule has 2 N–H and O–H groups in total. The SMILES string of the molecule is CCCCNC(=NCC(=O)N1CCN(c2ccccc2)CC1)NCC. The fourth-order valence-corrected chi connectivity index (χ4v) is 2.82. The maximum absolute atomic E-state index is 12.4. The van der Waals surface area contributed by atoms with Crippen LogP contribution < -0.4 is 15.5 Å². The molecule has 0 unspecified atom stereocenters. The van der Waals surface area contributed by atoms with Gasteiger partial charge < -0.3 is 20.4 Å². The van der Waals surface area contributed by atoms with E-state index in [1.54, 1.807) is 0 Å². The number of hydrogen-bond acceptors (Lipinski definition) is 3. The minimum atomic E-state index is 0.0976. The van der Waals surface area contributed by atoms with Crippen molar-refractivity contribution < 1.29 is 4.79 Å². The lowest BCUT2D eigenvalue weighted by atomic mass is 10.2. The normalized spacial score (nSPS) is 15.2. The number of amides is 1. The third-order valence-electron chi connectivity index (χ3n) is 4.29. The molecule has 6 heteroatoms. The van der Waals surface area contributed by atoms with E-state index >= 15 is 0 Å². The topological polar surface area (TPSA) is 60.0 Å². The van der Waals surface area contributed by atoms with Crippen molar-refractivity contribution in [2.24, 2.45) is 4.99 Å². The third-order valence-corrected chi connectivity index (χ3v) is 4.29. The monoisotopic (exact) mass is 345 g/mol. The molecule has 1 aromatic carbocycles. The second-order valence-corrected chi connectivity index (χ2v) is 6.18. The second kappa shape index (κ2) is 10.6. The highest BCUT2D eigenvalue weighted by molar-refractivity contribution is 5.85. The first-order chi connectivity index (χ1) is 12.2. The molecule has 0 aromatic heterocycles. The molecule has 0 aliphatic carbocycles. The fraction of sp³-hybridized carbons (Fsp3) is 0.579. The van der Waals surface area contributed by atoms with Crippen LogP contribution in [0.5, 0.6) is 0 Å². The van der Waals surface area contributed by atoms with Crippen molar-refractivity contribution in [3.05, 3.63) is 30.3 Å². The maximum Gasteiger partial charge on any atom is 0.244 e. The summed E-state index contributed by atoms with van der Waals surface area (Å²) < 4.78 is 0. The average molecular weight is 345 g/mol. The molecular formula is C19H31N5O. The van der Waals surface area contributed by atoms with E-state index in [4.69, 9.17) is 0 Å². The van der Waals surface area contributed by atoms with Gasteiger partial charge in [0.15, 0.2) is 5.96 Å². The Morgan fingerprint density at radius 2 is 1.80 bits per heavy atom. The number of rotatable bonds is 7. The van der Waals surface area contributed by atoms with E-state index < -0.39 is 0 Å². The van der Waals surface area contributed by atoms with Crippen molar-refractivity contribution in [1.29, 1.82) is 0 Å². The van der Waals surface area contributed by atoms with Crippen molar-refractivity contribution in [1.82, 2.24) is 15.5 Å². The first-order valence-electron chi connectivity index (χ1n) is 9.34. The number of carbonyl (C=O) groups excluding carboxylic acids is 1. The molecule has 0 saturated carbocycles. The number of anilines is 1. The van der Waals surface area contributed by atoms with E-state index in [0.29, 0.717) is 0 Å². The summed E-state index contributed by atoms with van der Waals surface area (Å²) in [4.78, 5) is 21.1. The lowest BCUT2D eigenvalue weighted by Gasteiger charge is -2.36. The molecule has 0 spiro atoms. The maximum atomic E-state index is 12.4. The van der Waals surface area contributed by atoms with Crippen LogP contribution in [0.4, 0.5) is 5.69 Å². The van der Waals surface area contributed by atoms with E-state index in [0.717, 1.165) is 58.1 Å². The number of nitrogens with zero attached hydrogens (tertiary/aromatic N) is 3. The second-order valence-electron chi connectivity index (χ2n) is 6.18. The molecule has 138 valence electrons. The molecule has 1 aliphatic heterocycles. The molecule has 2 rings (SSSR count). The molecule has 1 saturated heterocycles. The number of nitrogens with one attached hydrogen (secondary N) is 2. The van der Waals surface area contributed by atoms with Crippen molar-refractivity contribution in [3.63, 3.8) is 0 Å². The Morgan fingerprint density at radius 1 is 1.08 bits per heavy atom. The number of carbonyl (C=O) groups is 1. The van der Waals surface area contributed by atoms with Crippen molar-refractivity contribution in [3.8, 4) is 0 Å². The summed E-state index contributed by atoms with van der Waals surface area (Å²) >= 11 is 0. The summed E-state index contributed by atoms with van der Waals surface area (Å²) in [5, 5.41) is 6.46. The van der Waals surface area contributed by atoms with Gasteiger partial charge in [0, 0.05) is 45.0 Å². The van der Waals surface area contributed by atoms with E-state index in [1.807, 2.05) is 17.9 Å². The Morgan fingerprint density at radius 3 is 2.44 bits per heavy atom. The molecule has 25 heavy (non-hydrogen) atoms. The fourth-order valence-electron chi connectivity index (χ4n) is 2.82. The zero-order valence-corrected chi connectivity index (χ0v) is 15.5. The van der Waals surface area contributed by atoms with E-state index in [1.165, 1.54) is 5.69 Å². The highest BCUT2D eigenvalue weighted by atomic mass is 16.2. The van der Waals surface area contributed by atoms with E-state index in [9.17, 15) is 4.79 Å². The Balaban J connectivity index is 1.79. The molecule has 1 fully saturated rings. The van der Waals surface area contributed by atoms with Gasteiger partial charge in [-0.15, -0.1) is 0 Å². The van der Waals surface area contributed by atoms with Crippen LogP contribution in [0.1, 0.15) is 26.7 Å². The largest absolute Gasteiger partial charge is 0.368 e. The first kappa shape index (κ1) is 19.1. The van der Waals surface area contributed by atoms with Crippen LogP contribution in [0.2, 0.25) is 0 Å². The van der Waals surface area contributed by atoms with Gasteiger partial charge in [0.2, 0.25) is 5.91 Å². The van der Waals surface area contributed by atoms with Crippen LogP contribution in [0.3, 0.4) is 0 Å². The molecule has 1 aliphatic rings. The van der Waals surface area contributed by atoms with Gasteiger partial charge in [-0.2, -0.15) is 0 Å². The Hall–Kier alpha value is -2.24. The summed E-state index contributed by atoms with van der Waals surface area (Å²) in [6.45, 7) is 9.31. The lowest BCUT2D eigenvalue weighted by Crippen LogP contribution is -2.49. The Bertz CT molecular complexity index is 538. The van der Waals surface area contributed by atoms with Crippen molar-refractivity contribution in [2.75, 3.05) is 50.7 Å². The standard InChI is InChI=1S/C19H31N5O/c1-3-5-11-21-19(20-4-2)22-16-18(25)24-14-12-23(13-15-24)17-9-7-6-8-10-17/h6-10H,3-5,11-16H2,1-2H3,(H2,20,21,22). The van der Waals surface area contributed by atoms with Crippen LogP contribution in [0, 0.1) is 0 Å². The van der Waals surface area contributed by atoms with Crippen LogP contribution >= 0.6 is 0 Å². The number of unbranched alkanes of at least 4 members (excludes halogenated alkanes) is 1. The Kier molecular flexibility index (Phi) is 8.09. The highest BCUT2D eigenvalue weighted by Crippen LogP contribution is 2.15. The quantitative estimate of drug-likeness (QED) is 0.449. The predicted molar refractivity (Wildman–Crippen MR) is 104 cm³/mol. The van der Waals surface area contributed by atoms with Gasteiger partial charge in [0.05, 0.1) is 0 Å². The van der Waals surface area contributed by atoms with Gasteiger partial charge in [-0.05, 0) is 25.5 Å². The van der Waals surface area contributed by atoms with Crippen LogP contribution in [0.15, 0.2) is 35.3 Å². The van der Waals surface area contributed by atoms with Gasteiger partial charge >= 0.3 is 0 Å². The van der Waals surface area contributed by atoms with E-state index in [2.05, 4.69) is 51.7 Å². The summed E-state index contributed by atoms with van der Waals surface area (Å²) in [5.74, 6) is 0.827. The van der Waals surface area contributed by atoms with Crippen molar-refractivity contribution >= 4 is 17.6 Å². The summed E-state index contributed by atoms with van der Waals surface area (Å²) in [7, 11) is 0. The Labute approximate surface area is 151 Å². The van der Waals surface area contributed by atoms with E-state index in [-0.39, 0.29) is 12.5 Å². The van der Waals surface area contributed by atoms with Crippen LogP contribution in [-0.4, -0.2) is 62.6 Å². The summed E-state index contributed by atoms with van der Waals surface area (Å²) in [5.41, 5.74) is 1.22. The zero-order valence-electron chi connectivity index (χ0n) is 15.5. The number of hydrogen-bond donors (Lipinski definition) is 2. The molecule has 6 nitrogen and oxygen atoms in total. The van der Waals surface area contributed by atoms with Gasteiger partial charge in [-0.1, -0.05) is 31.5 Å². The predicted octanol–water partition coefficient (Wildman–Crippen LogP) is 1.69. The molecule has 1 amide bonds. The smallest absolute Gasteiger partial charge is 0.244 e. The molecule has 0 radical (unpaired) electrons. The molecule has 0 atom stereocenters. The minimum absolute atomic E-state index is 0.0976. The van der Waals surface area contributed by atoms with Gasteiger partial charge in [-0.3, -0.25) is 4.79 Å². The number of guanidine groups is 1. The molecule has 1 aromatic rings. The van der Waals surface area contributed by atoms with Gasteiger partial charge in [-0.25, -0.2) is 4.99 Å². The molecule has 0 bridgehead atoms. The number of benzene rings is 1. The number of aliphatic imine (C=N–C) groups is 1. The molecular weight excluding hydrogens is 314 g/mol. The number of para-hydroxylation sites is 1. The minimum Gasteiger partial charge on any atom is -0.368 e. The highest BCUT2D eigenvalue weighted by Gasteiger charge is 2.20. The third kappa shape index (κ3) is 6.29. The van der Waals surface area contributed by atoms with Gasteiger partial charge in [0.1, 0.15) is 6.54 Å². The molecule has 1 heterocycles. The average Bonchev–Trinajstić information content (AvgIpc) is 2.67.